The number of hydrogen-bond donors (Lipinski definition) is 5. The second kappa shape index (κ2) is 13.3. The van der Waals surface area contributed by atoms with Crippen LogP contribution < -0.4 is 21.4 Å². The van der Waals surface area contributed by atoms with Gasteiger partial charge in [-0.25, -0.2) is 14.6 Å². The van der Waals surface area contributed by atoms with Crippen molar-refractivity contribution in [2.45, 2.75) is 27.7 Å². The van der Waals surface area contributed by atoms with Crippen LogP contribution in [0, 0.1) is 0 Å². The molecule has 4 aromatic rings. The molecule has 0 spiro atoms. The van der Waals surface area contributed by atoms with Crippen LogP contribution in [0.5, 0.6) is 0 Å². The molecule has 0 atom stereocenters. The van der Waals surface area contributed by atoms with E-state index in [1.165, 1.54) is 32.4 Å². The molecule has 1 radical (unpaired) electrons. The Kier molecular flexibility index (Phi) is 9.21. The van der Waals surface area contributed by atoms with Crippen LogP contribution in [0.3, 0.4) is 0 Å². The van der Waals surface area contributed by atoms with Gasteiger partial charge in [0.2, 0.25) is 23.6 Å². The smallest absolute Gasteiger partial charge is 0.235 e. The minimum Gasteiger partial charge on any atom is -0.355 e. The maximum Gasteiger partial charge on any atom is 0.235 e. The van der Waals surface area contributed by atoms with Crippen molar-refractivity contribution < 1.29 is 36.0 Å². The third kappa shape index (κ3) is 6.90. The van der Waals surface area contributed by atoms with E-state index >= 15 is 0 Å². The first-order valence-electron chi connectivity index (χ1n) is 14.4. The Balaban J connectivity index is 0.00000433. The second-order valence-corrected chi connectivity index (χ2v) is 10.8. The Hall–Kier alpha value is -5.79. The molecule has 13 heteroatoms. The molecule has 2 aliphatic heterocycles. The molecule has 0 saturated heterocycles. The molecule has 3 aromatic heterocycles. The summed E-state index contributed by atoms with van der Waals surface area (Å²) in [6.45, 7) is 5.42. The number of carbonyl (C=O) groups excluding carboxylic acids is 4. The number of H-pyrrole nitrogens is 1. The standard InChI is InChI=1S/C34H30N8O4.Co/c1-18(43)35-28-16-27-15-25-11-10-23(38-25)14-24-12-13-26(39-24)17-29-30(22-8-6-5-7-9-22)32(36-19(2)44)34(42(29)41-21(4)46)33(31(28)40-27)37-20(3)45;/h5-17,38H,1-4H3,(H,35,43)(H,36,44)(H,37,45)(H,41,46);. The minimum absolute atomic E-state index is 0. The summed E-state index contributed by atoms with van der Waals surface area (Å²) in [5.74, 6) is -1.62. The predicted molar refractivity (Wildman–Crippen MR) is 179 cm³/mol. The van der Waals surface area contributed by atoms with Crippen LogP contribution in [0.15, 0.2) is 60.7 Å². The average Bonchev–Trinajstić information content (AvgIpc) is 3.75. The molecule has 8 bridgehead atoms. The molecule has 0 saturated carbocycles. The number of anilines is 2. The number of rotatable bonds is 5. The van der Waals surface area contributed by atoms with Gasteiger partial charge in [-0.3, -0.25) is 24.6 Å². The first-order chi connectivity index (χ1) is 22.0. The summed E-state index contributed by atoms with van der Waals surface area (Å²) in [6, 6.07) is 18.6. The maximum absolute atomic E-state index is 12.9. The number of amides is 4. The Labute approximate surface area is 279 Å². The zero-order valence-corrected chi connectivity index (χ0v) is 26.9. The maximum atomic E-state index is 12.9. The van der Waals surface area contributed by atoms with Crippen LogP contribution >= 0.6 is 0 Å². The molecule has 5 heterocycles. The molecule has 0 aliphatic carbocycles. The van der Waals surface area contributed by atoms with Gasteiger partial charge in [0.1, 0.15) is 11.2 Å². The number of nitrogens with zero attached hydrogens (tertiary/aromatic N) is 3. The van der Waals surface area contributed by atoms with E-state index in [0.29, 0.717) is 45.1 Å². The number of aromatic nitrogens is 4. The van der Waals surface area contributed by atoms with Gasteiger partial charge in [-0.05, 0) is 54.1 Å². The first-order valence-corrected chi connectivity index (χ1v) is 14.4. The number of nitrogens with one attached hydrogen (secondary N) is 5. The van der Waals surface area contributed by atoms with Gasteiger partial charge in [0.25, 0.3) is 0 Å². The van der Waals surface area contributed by atoms with E-state index < -0.39 is 17.7 Å². The summed E-state index contributed by atoms with van der Waals surface area (Å²) < 4.78 is 1.50. The average molecular weight is 674 g/mol. The largest absolute Gasteiger partial charge is 0.355 e. The third-order valence-corrected chi connectivity index (χ3v) is 7.02. The Morgan fingerprint density at radius 1 is 0.681 bits per heavy atom. The van der Waals surface area contributed by atoms with Gasteiger partial charge >= 0.3 is 0 Å². The quantitative estimate of drug-likeness (QED) is 0.171. The summed E-state index contributed by atoms with van der Waals surface area (Å²) in [5, 5.41) is 8.64. The van der Waals surface area contributed by atoms with E-state index in [4.69, 9.17) is 9.97 Å². The zero-order valence-electron chi connectivity index (χ0n) is 25.8. The third-order valence-electron chi connectivity index (χ3n) is 7.02. The van der Waals surface area contributed by atoms with E-state index in [1.54, 1.807) is 18.2 Å². The van der Waals surface area contributed by atoms with E-state index in [-0.39, 0.29) is 39.6 Å². The summed E-state index contributed by atoms with van der Waals surface area (Å²) >= 11 is 0. The molecular formula is C34H30CoN8O4. The van der Waals surface area contributed by atoms with Gasteiger partial charge in [0.05, 0.1) is 39.7 Å². The molecule has 12 nitrogen and oxygen atoms in total. The Morgan fingerprint density at radius 3 is 1.89 bits per heavy atom. The molecule has 0 fully saturated rings. The first kappa shape index (κ1) is 32.6. The topological polar surface area (TPSA) is 163 Å². The van der Waals surface area contributed by atoms with Gasteiger partial charge in [0, 0.05) is 61.1 Å². The molecule has 5 N–H and O–H groups in total. The van der Waals surface area contributed by atoms with Crippen molar-refractivity contribution in [1.29, 1.82) is 0 Å². The van der Waals surface area contributed by atoms with Gasteiger partial charge in [0.15, 0.2) is 0 Å². The van der Waals surface area contributed by atoms with Crippen molar-refractivity contribution in [3.8, 4) is 11.1 Å². The molecule has 1 aromatic carbocycles. The fourth-order valence-corrected chi connectivity index (χ4v) is 5.44. The van der Waals surface area contributed by atoms with Crippen molar-refractivity contribution in [3.05, 3.63) is 83.4 Å². The van der Waals surface area contributed by atoms with E-state index in [1.807, 2.05) is 60.7 Å². The molecule has 47 heavy (non-hydrogen) atoms. The van der Waals surface area contributed by atoms with Crippen molar-refractivity contribution in [3.63, 3.8) is 0 Å². The fourth-order valence-electron chi connectivity index (χ4n) is 5.44. The molecule has 0 unspecified atom stereocenters. The number of benzene rings is 1. The number of aromatic amines is 1. The number of hydrogen-bond acceptors (Lipinski definition) is 6. The summed E-state index contributed by atoms with van der Waals surface area (Å²) in [5.41, 5.74) is 9.05. The Bertz CT molecular complexity index is 2180. The normalized spacial score (nSPS) is 11.6. The van der Waals surface area contributed by atoms with Crippen LogP contribution in [0.2, 0.25) is 0 Å². The van der Waals surface area contributed by atoms with E-state index in [0.717, 1.165) is 11.0 Å². The van der Waals surface area contributed by atoms with Gasteiger partial charge < -0.3 is 20.9 Å². The van der Waals surface area contributed by atoms with E-state index in [2.05, 4.69) is 26.4 Å². The summed E-state index contributed by atoms with van der Waals surface area (Å²) in [6.07, 6.45) is 5.40. The second-order valence-electron chi connectivity index (χ2n) is 10.8. The zero-order chi connectivity index (χ0) is 32.5. The predicted octanol–water partition coefficient (Wildman–Crippen LogP) is 5.26. The van der Waals surface area contributed by atoms with Gasteiger partial charge in [-0.15, -0.1) is 0 Å². The number of fused-ring (bicyclic) bond motifs is 8. The molecule has 6 rings (SSSR count). The van der Waals surface area contributed by atoms with Crippen LogP contribution in [0.25, 0.3) is 57.1 Å². The summed E-state index contributed by atoms with van der Waals surface area (Å²) in [4.78, 5) is 63.8. The van der Waals surface area contributed by atoms with Crippen LogP contribution in [-0.2, 0) is 36.0 Å². The van der Waals surface area contributed by atoms with Crippen LogP contribution in [0.4, 0.5) is 11.4 Å². The van der Waals surface area contributed by atoms with Gasteiger partial charge in [-0.2, -0.15) is 0 Å². The van der Waals surface area contributed by atoms with Gasteiger partial charge in [-0.1, -0.05) is 30.3 Å². The number of carbonyl (C=O) groups is 4. The fraction of sp³-hybridized carbons (Fsp3) is 0.118. The molecular weight excluding hydrogens is 643 g/mol. The monoisotopic (exact) mass is 673 g/mol. The summed E-state index contributed by atoms with van der Waals surface area (Å²) in [7, 11) is 0. The van der Waals surface area contributed by atoms with Crippen molar-refractivity contribution >= 4 is 81.0 Å². The van der Waals surface area contributed by atoms with Crippen molar-refractivity contribution in [1.82, 2.24) is 24.9 Å². The molecule has 239 valence electrons. The SMILES string of the molecule is CC(=O)NC1=Cc2cc3ccc(cc4nc(cc5c(-c6ccccc6)c(NC(C)=O)c(c(NC(C)=O)c1n2)n5NC(C)=O)C=C4)[nH]3.[Co]. The Morgan fingerprint density at radius 2 is 1.28 bits per heavy atom. The van der Waals surface area contributed by atoms with Crippen LogP contribution in [-0.4, -0.2) is 43.3 Å². The van der Waals surface area contributed by atoms with Crippen LogP contribution in [0.1, 0.15) is 50.5 Å². The minimum atomic E-state index is -0.449. The van der Waals surface area contributed by atoms with E-state index in [9.17, 15) is 19.2 Å². The van der Waals surface area contributed by atoms with Crippen molar-refractivity contribution in [2.75, 3.05) is 16.1 Å². The van der Waals surface area contributed by atoms with Crippen molar-refractivity contribution in [2.24, 2.45) is 0 Å². The molecule has 4 amide bonds. The molecule has 2 aliphatic rings.